The minimum Gasteiger partial charge on any atom is -0.497 e. The van der Waals surface area contributed by atoms with Crippen LogP contribution in [0.3, 0.4) is 0 Å². The Bertz CT molecular complexity index is 751. The first-order valence-electron chi connectivity index (χ1n) is 8.53. The number of fused-ring (bicyclic) bond motifs is 2. The van der Waals surface area contributed by atoms with Crippen LogP contribution in [0.25, 0.3) is 5.57 Å². The fraction of sp³-hybridized carbons (Fsp3) is 0.333. The van der Waals surface area contributed by atoms with E-state index in [4.69, 9.17) is 4.74 Å². The largest absolute Gasteiger partial charge is 0.497 e. The van der Waals surface area contributed by atoms with E-state index in [1.165, 1.54) is 16.7 Å². The van der Waals surface area contributed by atoms with Gasteiger partial charge in [0, 0.05) is 24.2 Å². The van der Waals surface area contributed by atoms with Crippen LogP contribution in [0, 0.1) is 17.8 Å². The lowest BCUT2D eigenvalue weighted by Gasteiger charge is -2.36. The van der Waals surface area contributed by atoms with Crippen molar-refractivity contribution in [2.75, 3.05) is 7.11 Å². The molecule has 1 aromatic heterocycles. The Morgan fingerprint density at radius 2 is 1.79 bits per heavy atom. The predicted octanol–water partition coefficient (Wildman–Crippen LogP) is 4.11. The highest BCUT2D eigenvalue weighted by Gasteiger charge is 2.46. The number of benzene rings is 1. The fourth-order valence-corrected chi connectivity index (χ4v) is 4.49. The lowest BCUT2D eigenvalue weighted by molar-refractivity contribution is -0.113. The van der Waals surface area contributed by atoms with E-state index in [9.17, 15) is 4.79 Å². The van der Waals surface area contributed by atoms with Crippen molar-refractivity contribution in [2.24, 2.45) is 17.8 Å². The van der Waals surface area contributed by atoms with Gasteiger partial charge in [-0.05, 0) is 65.6 Å². The summed E-state index contributed by atoms with van der Waals surface area (Å²) in [4.78, 5) is 15.9. The van der Waals surface area contributed by atoms with Crippen molar-refractivity contribution in [3.8, 4) is 5.75 Å². The van der Waals surface area contributed by atoms with Gasteiger partial charge < -0.3 is 9.53 Å². The third-order valence-corrected chi connectivity index (χ3v) is 5.58. The summed E-state index contributed by atoms with van der Waals surface area (Å²) >= 11 is 0. The normalized spacial score (nSPS) is 28.3. The average Bonchev–Trinajstić information content (AvgIpc) is 2.93. The molecule has 0 amide bonds. The molecule has 2 aliphatic carbocycles. The van der Waals surface area contributed by atoms with Gasteiger partial charge in [-0.3, -0.25) is 4.98 Å². The molecule has 0 saturated heterocycles. The van der Waals surface area contributed by atoms with Crippen molar-refractivity contribution in [1.29, 1.82) is 0 Å². The molecule has 4 atom stereocenters. The zero-order chi connectivity index (χ0) is 16.5. The number of hydrogen-bond donors (Lipinski definition) is 0. The maximum absolute atomic E-state index is 11.7. The number of aromatic nitrogens is 1. The molecule has 4 rings (SSSR count). The summed E-state index contributed by atoms with van der Waals surface area (Å²) in [6.45, 7) is 0. The molecule has 0 unspecified atom stereocenters. The third kappa shape index (κ3) is 2.44. The van der Waals surface area contributed by atoms with E-state index in [1.54, 1.807) is 7.11 Å². The maximum atomic E-state index is 11.7. The van der Waals surface area contributed by atoms with Crippen molar-refractivity contribution in [2.45, 2.75) is 18.8 Å². The van der Waals surface area contributed by atoms with Gasteiger partial charge in [0.15, 0.2) is 0 Å². The molecule has 2 aromatic rings. The Morgan fingerprint density at radius 1 is 1.04 bits per heavy atom. The molecule has 3 heteroatoms. The van der Waals surface area contributed by atoms with E-state index in [1.807, 2.05) is 24.5 Å². The number of carbonyl (C=O) groups is 1. The van der Waals surface area contributed by atoms with Crippen LogP contribution in [0.5, 0.6) is 5.75 Å². The molecule has 2 aliphatic rings. The predicted molar refractivity (Wildman–Crippen MR) is 93.7 cm³/mol. The summed E-state index contributed by atoms with van der Waals surface area (Å²) in [6.07, 6.45) is 9.33. The number of methoxy groups -OCH3 is 1. The molecule has 0 spiro atoms. The number of ether oxygens (including phenoxy) is 1. The van der Waals surface area contributed by atoms with Gasteiger partial charge in [-0.1, -0.05) is 18.2 Å². The number of nitrogens with zero attached hydrogens (tertiary/aromatic N) is 1. The summed E-state index contributed by atoms with van der Waals surface area (Å²) in [6, 6.07) is 12.4. The van der Waals surface area contributed by atoms with E-state index in [-0.39, 0.29) is 11.8 Å². The van der Waals surface area contributed by atoms with Crippen LogP contribution in [0.1, 0.15) is 29.9 Å². The summed E-state index contributed by atoms with van der Waals surface area (Å²) in [7, 11) is 1.68. The van der Waals surface area contributed by atoms with Crippen LogP contribution in [0.2, 0.25) is 0 Å². The Labute approximate surface area is 142 Å². The summed E-state index contributed by atoms with van der Waals surface area (Å²) in [5, 5.41) is 0. The van der Waals surface area contributed by atoms with E-state index in [0.717, 1.165) is 24.9 Å². The number of hydrogen-bond acceptors (Lipinski definition) is 3. The zero-order valence-corrected chi connectivity index (χ0v) is 13.8. The van der Waals surface area contributed by atoms with Gasteiger partial charge in [-0.15, -0.1) is 0 Å². The van der Waals surface area contributed by atoms with Crippen molar-refractivity contribution in [1.82, 2.24) is 4.98 Å². The zero-order valence-electron chi connectivity index (χ0n) is 13.8. The number of rotatable bonds is 4. The van der Waals surface area contributed by atoms with Gasteiger partial charge in [0.25, 0.3) is 0 Å². The average molecular weight is 319 g/mol. The molecule has 0 aliphatic heterocycles. The van der Waals surface area contributed by atoms with E-state index < -0.39 is 0 Å². The first-order valence-corrected chi connectivity index (χ1v) is 8.53. The van der Waals surface area contributed by atoms with Crippen LogP contribution >= 0.6 is 0 Å². The number of aldehydes is 1. The second-order valence-corrected chi connectivity index (χ2v) is 6.72. The SMILES string of the molecule is COc1ccc(C2=C[C@H]3CC[C@@H](C=O)[C@@H]2[C@@H]3c2ccncc2)cc1. The van der Waals surface area contributed by atoms with Crippen LogP contribution in [-0.2, 0) is 4.79 Å². The molecule has 1 fully saturated rings. The second-order valence-electron chi connectivity index (χ2n) is 6.72. The number of carbonyl (C=O) groups excluding carboxylic acids is 1. The van der Waals surface area contributed by atoms with Crippen LogP contribution < -0.4 is 4.74 Å². The van der Waals surface area contributed by atoms with E-state index in [2.05, 4.69) is 35.3 Å². The monoisotopic (exact) mass is 319 g/mol. The number of allylic oxidation sites excluding steroid dienone is 2. The minimum atomic E-state index is 0.0928. The first kappa shape index (κ1) is 15.1. The summed E-state index contributed by atoms with van der Waals surface area (Å²) in [5.41, 5.74) is 3.82. The molecular formula is C21H21NO2. The lowest BCUT2D eigenvalue weighted by Crippen LogP contribution is -2.29. The molecule has 0 radical (unpaired) electrons. The Balaban J connectivity index is 1.75. The minimum absolute atomic E-state index is 0.0928. The fourth-order valence-electron chi connectivity index (χ4n) is 4.49. The van der Waals surface area contributed by atoms with E-state index in [0.29, 0.717) is 11.8 Å². The van der Waals surface area contributed by atoms with Crippen molar-refractivity contribution in [3.05, 3.63) is 66.0 Å². The van der Waals surface area contributed by atoms with Gasteiger partial charge >= 0.3 is 0 Å². The topological polar surface area (TPSA) is 39.2 Å². The molecule has 1 saturated carbocycles. The van der Waals surface area contributed by atoms with Gasteiger partial charge in [-0.2, -0.15) is 0 Å². The molecule has 1 heterocycles. The van der Waals surface area contributed by atoms with Crippen LogP contribution in [0.15, 0.2) is 54.9 Å². The van der Waals surface area contributed by atoms with Crippen molar-refractivity contribution >= 4 is 11.9 Å². The lowest BCUT2D eigenvalue weighted by atomic mass is 9.67. The Kier molecular flexibility index (Phi) is 3.93. The van der Waals surface area contributed by atoms with Gasteiger partial charge in [-0.25, -0.2) is 0 Å². The quantitative estimate of drug-likeness (QED) is 0.796. The van der Waals surface area contributed by atoms with Crippen LogP contribution in [-0.4, -0.2) is 18.4 Å². The highest BCUT2D eigenvalue weighted by atomic mass is 16.5. The maximum Gasteiger partial charge on any atom is 0.123 e. The van der Waals surface area contributed by atoms with Crippen LogP contribution in [0.4, 0.5) is 0 Å². The molecule has 0 N–H and O–H groups in total. The van der Waals surface area contributed by atoms with Gasteiger partial charge in [0.2, 0.25) is 0 Å². The van der Waals surface area contributed by atoms with E-state index >= 15 is 0 Å². The third-order valence-electron chi connectivity index (χ3n) is 5.58. The molecule has 3 nitrogen and oxygen atoms in total. The number of pyridine rings is 1. The molecule has 1 aromatic carbocycles. The molecule has 24 heavy (non-hydrogen) atoms. The second kappa shape index (κ2) is 6.23. The molecule has 122 valence electrons. The van der Waals surface area contributed by atoms with Gasteiger partial charge in [0.05, 0.1) is 7.11 Å². The standard InChI is InChI=1S/C21H21NO2/c1-24-18-6-4-14(5-7-18)19-12-16-2-3-17(13-23)21(19)20(16)15-8-10-22-11-9-15/h4-13,16-17,20-21H,2-3H2,1H3/t16-,17+,20-,21+/m1/s1. The summed E-state index contributed by atoms with van der Waals surface area (Å²) in [5.74, 6) is 2.10. The van der Waals surface area contributed by atoms with Gasteiger partial charge in [0.1, 0.15) is 12.0 Å². The Hall–Kier alpha value is -2.42. The molecule has 2 bridgehead atoms. The first-order chi connectivity index (χ1) is 11.8. The highest BCUT2D eigenvalue weighted by Crippen LogP contribution is 2.56. The van der Waals surface area contributed by atoms with Crippen molar-refractivity contribution < 1.29 is 9.53 Å². The smallest absolute Gasteiger partial charge is 0.123 e. The Morgan fingerprint density at radius 3 is 2.46 bits per heavy atom. The molecular weight excluding hydrogens is 298 g/mol. The summed E-state index contributed by atoms with van der Waals surface area (Å²) < 4.78 is 5.27. The van der Waals surface area contributed by atoms with Crippen molar-refractivity contribution in [3.63, 3.8) is 0 Å². The highest BCUT2D eigenvalue weighted by molar-refractivity contribution is 5.76.